The predicted molar refractivity (Wildman–Crippen MR) is 58.7 cm³/mol. The summed E-state index contributed by atoms with van der Waals surface area (Å²) in [4.78, 5) is 0. The van der Waals surface area contributed by atoms with Crippen molar-refractivity contribution in [2.75, 3.05) is 18.8 Å². The molecular formula is C9H12N2O4S. The second-order valence-corrected chi connectivity index (χ2v) is 5.33. The minimum Gasteiger partial charge on any atom is -0.454 e. The largest absolute Gasteiger partial charge is 0.454 e. The van der Waals surface area contributed by atoms with E-state index in [9.17, 15) is 8.42 Å². The number of sulfonamides is 1. The van der Waals surface area contributed by atoms with Crippen LogP contribution in [0.5, 0.6) is 11.5 Å². The zero-order valence-corrected chi connectivity index (χ0v) is 9.50. The van der Waals surface area contributed by atoms with Crippen molar-refractivity contribution in [3.63, 3.8) is 0 Å². The molecule has 0 radical (unpaired) electrons. The van der Waals surface area contributed by atoms with Crippen molar-refractivity contribution in [2.45, 2.75) is 6.54 Å². The van der Waals surface area contributed by atoms with Gasteiger partial charge in [-0.15, -0.1) is 0 Å². The van der Waals surface area contributed by atoms with E-state index in [1.165, 1.54) is 0 Å². The topological polar surface area (TPSA) is 90.7 Å². The number of rotatable bonds is 3. The van der Waals surface area contributed by atoms with Crippen molar-refractivity contribution < 1.29 is 17.9 Å². The second-order valence-electron chi connectivity index (χ2n) is 3.50. The molecule has 3 N–H and O–H groups in total. The molecule has 0 bridgehead atoms. The first kappa shape index (κ1) is 11.0. The maximum absolute atomic E-state index is 10.9. The van der Waals surface area contributed by atoms with Crippen molar-refractivity contribution in [3.05, 3.63) is 17.7 Å². The summed E-state index contributed by atoms with van der Waals surface area (Å²) >= 11 is 0. The molecule has 0 saturated heterocycles. The summed E-state index contributed by atoms with van der Waals surface area (Å²) in [5.41, 5.74) is 6.89. The Morgan fingerprint density at radius 2 is 2.00 bits per heavy atom. The summed E-state index contributed by atoms with van der Waals surface area (Å²) in [5, 5.41) is 0. The smallest absolute Gasteiger partial charge is 0.231 e. The maximum atomic E-state index is 10.9. The zero-order valence-electron chi connectivity index (χ0n) is 8.69. The molecule has 0 spiro atoms. The van der Waals surface area contributed by atoms with Gasteiger partial charge in [-0.3, -0.25) is 0 Å². The third kappa shape index (κ3) is 2.37. The number of ether oxygens (including phenoxy) is 2. The summed E-state index contributed by atoms with van der Waals surface area (Å²) < 4.78 is 34.6. The fourth-order valence-electron chi connectivity index (χ4n) is 1.36. The molecule has 1 heterocycles. The lowest BCUT2D eigenvalue weighted by molar-refractivity contribution is 0.174. The average Bonchev–Trinajstić information content (AvgIpc) is 2.59. The lowest BCUT2D eigenvalue weighted by atomic mass is 10.1. The van der Waals surface area contributed by atoms with E-state index in [0.717, 1.165) is 6.26 Å². The van der Waals surface area contributed by atoms with E-state index in [-0.39, 0.29) is 13.3 Å². The van der Waals surface area contributed by atoms with Gasteiger partial charge >= 0.3 is 0 Å². The van der Waals surface area contributed by atoms with Gasteiger partial charge in [0.2, 0.25) is 16.8 Å². The van der Waals surface area contributed by atoms with Gasteiger partial charge in [0.15, 0.2) is 11.5 Å². The third-order valence-electron chi connectivity index (χ3n) is 2.16. The number of hydrogen-bond donors (Lipinski definition) is 2. The number of hydrogen-bond acceptors (Lipinski definition) is 5. The van der Waals surface area contributed by atoms with Crippen LogP contribution in [0.4, 0.5) is 5.69 Å². The molecule has 88 valence electrons. The number of benzene rings is 1. The van der Waals surface area contributed by atoms with E-state index in [1.807, 2.05) is 0 Å². The van der Waals surface area contributed by atoms with Gasteiger partial charge in [-0.05, 0) is 11.6 Å². The van der Waals surface area contributed by atoms with E-state index in [1.54, 1.807) is 12.1 Å². The molecule has 0 saturated carbocycles. The first-order chi connectivity index (χ1) is 7.46. The molecule has 0 aromatic heterocycles. The number of nitrogens with one attached hydrogen (secondary N) is 1. The summed E-state index contributed by atoms with van der Waals surface area (Å²) in [7, 11) is -3.23. The Kier molecular flexibility index (Phi) is 2.64. The molecule has 1 aromatic carbocycles. The van der Waals surface area contributed by atoms with Gasteiger partial charge in [-0.1, -0.05) is 0 Å². The van der Waals surface area contributed by atoms with Crippen LogP contribution >= 0.6 is 0 Å². The van der Waals surface area contributed by atoms with Gasteiger partial charge in [0.1, 0.15) is 0 Å². The van der Waals surface area contributed by atoms with Crippen LogP contribution in [0.15, 0.2) is 12.1 Å². The fourth-order valence-corrected chi connectivity index (χ4v) is 1.78. The van der Waals surface area contributed by atoms with E-state index >= 15 is 0 Å². The Hall–Kier alpha value is -1.47. The monoisotopic (exact) mass is 244 g/mol. The van der Waals surface area contributed by atoms with E-state index in [0.29, 0.717) is 22.7 Å². The molecule has 7 heteroatoms. The molecule has 0 aliphatic carbocycles. The van der Waals surface area contributed by atoms with Crippen LogP contribution in [0, 0.1) is 0 Å². The second kappa shape index (κ2) is 3.84. The zero-order chi connectivity index (χ0) is 11.8. The van der Waals surface area contributed by atoms with Crippen molar-refractivity contribution in [1.82, 2.24) is 4.72 Å². The normalized spacial score (nSPS) is 14.1. The quantitative estimate of drug-likeness (QED) is 0.733. The van der Waals surface area contributed by atoms with Gasteiger partial charge < -0.3 is 15.2 Å². The molecule has 1 aromatic rings. The average molecular weight is 244 g/mol. The molecule has 2 rings (SSSR count). The number of nitrogens with two attached hydrogens (primary N) is 1. The van der Waals surface area contributed by atoms with E-state index in [2.05, 4.69) is 4.72 Å². The van der Waals surface area contributed by atoms with E-state index in [4.69, 9.17) is 15.2 Å². The Bertz CT molecular complexity index is 512. The van der Waals surface area contributed by atoms with Crippen molar-refractivity contribution >= 4 is 15.7 Å². The third-order valence-corrected chi connectivity index (χ3v) is 2.83. The molecular weight excluding hydrogens is 232 g/mol. The molecule has 6 nitrogen and oxygen atoms in total. The van der Waals surface area contributed by atoms with Gasteiger partial charge in [-0.2, -0.15) is 0 Å². The number of nitrogen functional groups attached to an aromatic ring is 1. The molecule has 0 atom stereocenters. The van der Waals surface area contributed by atoms with Crippen LogP contribution in [0.1, 0.15) is 5.56 Å². The first-order valence-corrected chi connectivity index (χ1v) is 6.47. The van der Waals surface area contributed by atoms with Crippen LogP contribution in [0.25, 0.3) is 0 Å². The lowest BCUT2D eigenvalue weighted by Gasteiger charge is -2.07. The Morgan fingerprint density at radius 3 is 2.62 bits per heavy atom. The Morgan fingerprint density at radius 1 is 1.38 bits per heavy atom. The molecule has 0 unspecified atom stereocenters. The standard InChI is InChI=1S/C9H12N2O4S/c1-16(12,13)11-4-6-2-8-9(3-7(6)10)15-5-14-8/h2-3,11H,4-5,10H2,1H3. The highest BCUT2D eigenvalue weighted by molar-refractivity contribution is 7.88. The van der Waals surface area contributed by atoms with Crippen LogP contribution in [0.3, 0.4) is 0 Å². The summed E-state index contributed by atoms with van der Waals surface area (Å²) in [6, 6.07) is 3.30. The highest BCUT2D eigenvalue weighted by Crippen LogP contribution is 2.35. The van der Waals surface area contributed by atoms with Crippen LogP contribution in [-0.2, 0) is 16.6 Å². The van der Waals surface area contributed by atoms with Gasteiger partial charge in [-0.25, -0.2) is 13.1 Å². The minimum absolute atomic E-state index is 0.140. The molecule has 0 amide bonds. The number of anilines is 1. The van der Waals surface area contributed by atoms with Gasteiger partial charge in [0, 0.05) is 18.3 Å². The minimum atomic E-state index is -3.23. The van der Waals surface area contributed by atoms with Crippen LogP contribution in [-0.4, -0.2) is 21.5 Å². The van der Waals surface area contributed by atoms with Crippen molar-refractivity contribution in [1.29, 1.82) is 0 Å². The number of fused-ring (bicyclic) bond motifs is 1. The van der Waals surface area contributed by atoms with Gasteiger partial charge in [0.05, 0.1) is 6.26 Å². The highest BCUT2D eigenvalue weighted by atomic mass is 32.2. The lowest BCUT2D eigenvalue weighted by Crippen LogP contribution is -2.21. The molecule has 0 fully saturated rings. The fraction of sp³-hybridized carbons (Fsp3) is 0.333. The highest BCUT2D eigenvalue weighted by Gasteiger charge is 2.16. The van der Waals surface area contributed by atoms with Crippen LogP contribution < -0.4 is 19.9 Å². The Balaban J connectivity index is 2.22. The maximum Gasteiger partial charge on any atom is 0.231 e. The van der Waals surface area contributed by atoms with Gasteiger partial charge in [0.25, 0.3) is 0 Å². The summed E-state index contributed by atoms with van der Waals surface area (Å²) in [6.07, 6.45) is 1.09. The van der Waals surface area contributed by atoms with Crippen molar-refractivity contribution in [3.8, 4) is 11.5 Å². The molecule has 16 heavy (non-hydrogen) atoms. The molecule has 1 aliphatic rings. The van der Waals surface area contributed by atoms with Crippen LogP contribution in [0.2, 0.25) is 0 Å². The van der Waals surface area contributed by atoms with Crippen molar-refractivity contribution in [2.24, 2.45) is 0 Å². The first-order valence-electron chi connectivity index (χ1n) is 4.58. The SMILES string of the molecule is CS(=O)(=O)NCc1cc2c(cc1N)OCO2. The molecule has 1 aliphatic heterocycles. The Labute approximate surface area is 93.4 Å². The summed E-state index contributed by atoms with van der Waals surface area (Å²) in [6.45, 7) is 0.305. The van der Waals surface area contributed by atoms with E-state index < -0.39 is 10.0 Å². The summed E-state index contributed by atoms with van der Waals surface area (Å²) in [5.74, 6) is 1.17. The predicted octanol–water partition coefficient (Wildman–Crippen LogP) is 0.0467.